The zero-order valence-electron chi connectivity index (χ0n) is 13.8. The highest BCUT2D eigenvalue weighted by Gasteiger charge is 2.37. The molecule has 1 aliphatic heterocycles. The van der Waals surface area contributed by atoms with Crippen molar-refractivity contribution in [1.29, 1.82) is 0 Å². The summed E-state index contributed by atoms with van der Waals surface area (Å²) in [6, 6.07) is 4.83. The van der Waals surface area contributed by atoms with Crippen LogP contribution in [0.2, 0.25) is 0 Å². The number of hydrogen-bond donors (Lipinski definition) is 2. The molecule has 8 heteroatoms. The Kier molecular flexibility index (Phi) is 5.16. The Balaban J connectivity index is 2.13. The first kappa shape index (κ1) is 17.6. The van der Waals surface area contributed by atoms with E-state index in [1.54, 1.807) is 12.1 Å². The van der Waals surface area contributed by atoms with E-state index in [0.29, 0.717) is 5.69 Å². The second-order valence-electron chi connectivity index (χ2n) is 5.88. The van der Waals surface area contributed by atoms with Crippen molar-refractivity contribution >= 4 is 27.4 Å². The van der Waals surface area contributed by atoms with Gasteiger partial charge in [-0.2, -0.15) is 0 Å². The Labute approximate surface area is 137 Å². The van der Waals surface area contributed by atoms with Crippen molar-refractivity contribution in [2.45, 2.75) is 24.6 Å². The summed E-state index contributed by atoms with van der Waals surface area (Å²) in [7, 11) is 1.52. The van der Waals surface area contributed by atoms with Gasteiger partial charge in [-0.3, -0.25) is 9.52 Å². The van der Waals surface area contributed by atoms with Gasteiger partial charge >= 0.3 is 5.97 Å². The smallest absolute Gasteiger partial charge is 0.322 e. The van der Waals surface area contributed by atoms with Crippen LogP contribution in [0.4, 0.5) is 11.4 Å². The van der Waals surface area contributed by atoms with Gasteiger partial charge in [-0.05, 0) is 31.0 Å². The lowest BCUT2D eigenvalue weighted by Gasteiger charge is -2.18. The van der Waals surface area contributed by atoms with Crippen LogP contribution in [0, 0.1) is 6.92 Å². The van der Waals surface area contributed by atoms with Crippen molar-refractivity contribution in [3.8, 4) is 0 Å². The third-order valence-corrected chi connectivity index (χ3v) is 5.72. The summed E-state index contributed by atoms with van der Waals surface area (Å²) in [4.78, 5) is 13.4. The Morgan fingerprint density at radius 3 is 2.70 bits per heavy atom. The third-order valence-electron chi connectivity index (χ3n) is 3.97. The van der Waals surface area contributed by atoms with Crippen molar-refractivity contribution in [2.24, 2.45) is 0 Å². The number of carbonyl (C=O) groups is 1. The topological polar surface area (TPSA) is 87.7 Å². The van der Waals surface area contributed by atoms with Gasteiger partial charge in [0.2, 0.25) is 10.0 Å². The molecule has 0 bridgehead atoms. The minimum Gasteiger partial charge on any atom is -0.468 e. The van der Waals surface area contributed by atoms with Gasteiger partial charge in [-0.1, -0.05) is 6.07 Å². The average Bonchev–Trinajstić information content (AvgIpc) is 2.98. The fourth-order valence-corrected chi connectivity index (χ4v) is 4.05. The Hall–Kier alpha value is -1.80. The maximum atomic E-state index is 12.5. The molecule has 2 rings (SSSR count). The molecule has 0 saturated carbocycles. The quantitative estimate of drug-likeness (QED) is 0.767. The van der Waals surface area contributed by atoms with Crippen molar-refractivity contribution in [1.82, 2.24) is 5.32 Å². The largest absolute Gasteiger partial charge is 0.468 e. The third kappa shape index (κ3) is 3.94. The number of hydrogen-bond acceptors (Lipinski definition) is 6. The number of sulfonamides is 1. The fourth-order valence-electron chi connectivity index (χ4n) is 2.66. The number of methoxy groups -OCH3 is 1. The zero-order chi connectivity index (χ0) is 17.2. The van der Waals surface area contributed by atoms with Crippen LogP contribution in [0.3, 0.4) is 0 Å². The number of rotatable bonds is 5. The average molecular weight is 341 g/mol. The molecule has 1 aromatic rings. The summed E-state index contributed by atoms with van der Waals surface area (Å²) in [5.41, 5.74) is 2.52. The molecule has 0 amide bonds. The van der Waals surface area contributed by atoms with E-state index in [-0.39, 0.29) is 13.0 Å². The molecule has 2 N–H and O–H groups in total. The van der Waals surface area contributed by atoms with E-state index in [4.69, 9.17) is 0 Å². The summed E-state index contributed by atoms with van der Waals surface area (Å²) in [5.74, 6) is -0.437. The molecule has 1 aromatic carbocycles. The van der Waals surface area contributed by atoms with E-state index < -0.39 is 27.3 Å². The molecule has 1 saturated heterocycles. The predicted octanol–water partition coefficient (Wildman–Crippen LogP) is 0.706. The van der Waals surface area contributed by atoms with Gasteiger partial charge in [-0.15, -0.1) is 0 Å². The summed E-state index contributed by atoms with van der Waals surface area (Å²) in [6.45, 7) is 2.19. The molecule has 2 atom stereocenters. The fraction of sp³-hybridized carbons (Fsp3) is 0.533. The minimum atomic E-state index is -3.58. The van der Waals surface area contributed by atoms with Crippen molar-refractivity contribution in [3.63, 3.8) is 0 Å². The molecule has 0 spiro atoms. The van der Waals surface area contributed by atoms with Crippen molar-refractivity contribution in [3.05, 3.63) is 23.8 Å². The van der Waals surface area contributed by atoms with Gasteiger partial charge < -0.3 is 15.0 Å². The second-order valence-corrected chi connectivity index (χ2v) is 7.85. The minimum absolute atomic E-state index is 0.203. The molecule has 128 valence electrons. The molecule has 7 nitrogen and oxygen atoms in total. The molecular weight excluding hydrogens is 318 g/mol. The molecule has 2 unspecified atom stereocenters. The number of aryl methyl sites for hydroxylation is 1. The van der Waals surface area contributed by atoms with E-state index in [9.17, 15) is 13.2 Å². The van der Waals surface area contributed by atoms with Crippen LogP contribution < -0.4 is 14.9 Å². The van der Waals surface area contributed by atoms with Gasteiger partial charge in [0.15, 0.2) is 0 Å². The van der Waals surface area contributed by atoms with Crippen molar-refractivity contribution < 1.29 is 17.9 Å². The molecule has 0 aliphatic carbocycles. The SMILES string of the molecule is COC(=O)C1CC(S(=O)(=O)Nc2ccc(C)c(N(C)C)c2)CN1. The lowest BCUT2D eigenvalue weighted by molar-refractivity contribution is -0.142. The normalized spacial score (nSPS) is 21.0. The van der Waals surface area contributed by atoms with Crippen LogP contribution in [-0.2, 0) is 19.6 Å². The summed E-state index contributed by atoms with van der Waals surface area (Å²) < 4.78 is 32.3. The molecule has 23 heavy (non-hydrogen) atoms. The van der Waals surface area contributed by atoms with E-state index in [2.05, 4.69) is 14.8 Å². The first-order chi connectivity index (χ1) is 10.7. The van der Waals surface area contributed by atoms with Crippen LogP contribution in [0.1, 0.15) is 12.0 Å². The van der Waals surface area contributed by atoms with Crippen LogP contribution in [0.15, 0.2) is 18.2 Å². The van der Waals surface area contributed by atoms with E-state index >= 15 is 0 Å². The predicted molar refractivity (Wildman–Crippen MR) is 90.3 cm³/mol. The highest BCUT2D eigenvalue weighted by molar-refractivity contribution is 7.93. The molecule has 1 fully saturated rings. The lowest BCUT2D eigenvalue weighted by Crippen LogP contribution is -2.31. The van der Waals surface area contributed by atoms with Gasteiger partial charge in [0, 0.05) is 26.3 Å². The highest BCUT2D eigenvalue weighted by Crippen LogP contribution is 2.25. The molecular formula is C15H23N3O4S. The molecule has 0 radical (unpaired) electrons. The number of nitrogens with one attached hydrogen (secondary N) is 2. The number of ether oxygens (including phenoxy) is 1. The Morgan fingerprint density at radius 2 is 2.09 bits per heavy atom. The maximum absolute atomic E-state index is 12.5. The number of nitrogens with zero attached hydrogens (tertiary/aromatic N) is 1. The van der Waals surface area contributed by atoms with Gasteiger partial charge in [0.1, 0.15) is 6.04 Å². The van der Waals surface area contributed by atoms with E-state index in [0.717, 1.165) is 11.3 Å². The zero-order valence-corrected chi connectivity index (χ0v) is 14.6. The maximum Gasteiger partial charge on any atom is 0.322 e. The van der Waals surface area contributed by atoms with E-state index in [1.807, 2.05) is 32.0 Å². The summed E-state index contributed by atoms with van der Waals surface area (Å²) in [5, 5.41) is 2.22. The van der Waals surface area contributed by atoms with Crippen LogP contribution in [0.25, 0.3) is 0 Å². The highest BCUT2D eigenvalue weighted by atomic mass is 32.2. The summed E-state index contributed by atoms with van der Waals surface area (Å²) in [6.07, 6.45) is 0.203. The molecule has 1 heterocycles. The number of anilines is 2. The number of esters is 1. The lowest BCUT2D eigenvalue weighted by atomic mass is 10.2. The van der Waals surface area contributed by atoms with E-state index in [1.165, 1.54) is 7.11 Å². The molecule has 0 aromatic heterocycles. The Bertz CT molecular complexity index is 688. The number of benzene rings is 1. The van der Waals surface area contributed by atoms with Crippen LogP contribution in [-0.4, -0.2) is 53.4 Å². The number of carbonyl (C=O) groups excluding carboxylic acids is 1. The van der Waals surface area contributed by atoms with Crippen LogP contribution in [0.5, 0.6) is 0 Å². The van der Waals surface area contributed by atoms with Gasteiger partial charge in [0.25, 0.3) is 0 Å². The van der Waals surface area contributed by atoms with Crippen LogP contribution >= 0.6 is 0 Å². The Morgan fingerprint density at radius 1 is 1.39 bits per heavy atom. The first-order valence-electron chi connectivity index (χ1n) is 7.35. The van der Waals surface area contributed by atoms with Gasteiger partial charge in [-0.25, -0.2) is 8.42 Å². The van der Waals surface area contributed by atoms with Crippen molar-refractivity contribution in [2.75, 3.05) is 37.4 Å². The summed E-state index contributed by atoms with van der Waals surface area (Å²) >= 11 is 0. The molecule has 1 aliphatic rings. The standard InChI is InChI=1S/C15H23N3O4S/c1-10-5-6-11(7-14(10)18(2)3)17-23(20,21)12-8-13(16-9-12)15(19)22-4/h5-7,12-13,16-17H,8-9H2,1-4H3. The first-order valence-corrected chi connectivity index (χ1v) is 8.90. The monoisotopic (exact) mass is 341 g/mol. The second kappa shape index (κ2) is 6.76. The van der Waals surface area contributed by atoms with Gasteiger partial charge in [0.05, 0.1) is 18.0 Å².